The summed E-state index contributed by atoms with van der Waals surface area (Å²) in [6.45, 7) is 1.87. The highest BCUT2D eigenvalue weighted by atomic mass is 16.5. The summed E-state index contributed by atoms with van der Waals surface area (Å²) >= 11 is 0. The number of carbonyl (C=O) groups excluding carboxylic acids is 2. The Balaban J connectivity index is 1.83. The highest BCUT2D eigenvalue weighted by Crippen LogP contribution is 2.33. The Morgan fingerprint density at radius 3 is 2.83 bits per heavy atom. The molecule has 23 heavy (non-hydrogen) atoms. The Hall–Kier alpha value is -2.57. The van der Waals surface area contributed by atoms with E-state index in [-0.39, 0.29) is 18.4 Å². The largest absolute Gasteiger partial charge is 0.480 e. The van der Waals surface area contributed by atoms with Gasteiger partial charge in [-0.25, -0.2) is 4.79 Å². The van der Waals surface area contributed by atoms with E-state index < -0.39 is 18.1 Å². The number of benzene rings is 1. The van der Waals surface area contributed by atoms with Gasteiger partial charge in [-0.05, 0) is 31.9 Å². The topological polar surface area (TPSA) is 87.2 Å². The lowest BCUT2D eigenvalue weighted by Crippen LogP contribution is -2.51. The summed E-state index contributed by atoms with van der Waals surface area (Å²) in [6.07, 6.45) is 0.435. The molecule has 0 aromatic heterocycles. The van der Waals surface area contributed by atoms with E-state index in [9.17, 15) is 19.5 Å². The van der Waals surface area contributed by atoms with Crippen LogP contribution in [0.4, 0.5) is 5.69 Å². The first-order chi connectivity index (χ1) is 11.0. The van der Waals surface area contributed by atoms with Gasteiger partial charge in [-0.2, -0.15) is 0 Å². The van der Waals surface area contributed by atoms with E-state index in [4.69, 9.17) is 4.74 Å². The number of ether oxygens (including phenoxy) is 1. The first kappa shape index (κ1) is 15.3. The molecule has 122 valence electrons. The molecule has 1 fully saturated rings. The van der Waals surface area contributed by atoms with Crippen LogP contribution >= 0.6 is 0 Å². The van der Waals surface area contributed by atoms with Crippen LogP contribution in [0.2, 0.25) is 0 Å². The summed E-state index contributed by atoms with van der Waals surface area (Å²) in [4.78, 5) is 38.8. The van der Waals surface area contributed by atoms with Gasteiger partial charge in [0, 0.05) is 6.54 Å². The van der Waals surface area contributed by atoms with Gasteiger partial charge in [0.2, 0.25) is 5.91 Å². The quantitative estimate of drug-likeness (QED) is 0.894. The van der Waals surface area contributed by atoms with Crippen molar-refractivity contribution in [1.82, 2.24) is 4.90 Å². The fraction of sp³-hybridized carbons (Fsp3) is 0.438. The van der Waals surface area contributed by atoms with Crippen molar-refractivity contribution in [3.63, 3.8) is 0 Å². The number of hydrogen-bond acceptors (Lipinski definition) is 4. The Labute approximate surface area is 133 Å². The minimum Gasteiger partial charge on any atom is -0.480 e. The zero-order valence-electron chi connectivity index (χ0n) is 12.8. The first-order valence-electron chi connectivity index (χ1n) is 7.58. The lowest BCUT2D eigenvalue weighted by molar-refractivity contribution is -0.147. The molecule has 1 aromatic rings. The summed E-state index contributed by atoms with van der Waals surface area (Å²) in [5.74, 6) is -1.11. The Kier molecular flexibility index (Phi) is 3.94. The average Bonchev–Trinajstić information content (AvgIpc) is 3.01. The van der Waals surface area contributed by atoms with E-state index in [0.29, 0.717) is 30.8 Å². The molecule has 7 heteroatoms. The third-order valence-electron chi connectivity index (χ3n) is 4.23. The second-order valence-corrected chi connectivity index (χ2v) is 5.74. The molecule has 1 unspecified atom stereocenters. The summed E-state index contributed by atoms with van der Waals surface area (Å²) < 4.78 is 5.53. The molecule has 0 saturated carbocycles. The monoisotopic (exact) mass is 318 g/mol. The maximum atomic E-state index is 12.5. The Morgan fingerprint density at radius 2 is 2.09 bits per heavy atom. The normalized spacial score (nSPS) is 23.4. The van der Waals surface area contributed by atoms with E-state index in [1.165, 1.54) is 9.80 Å². The van der Waals surface area contributed by atoms with Crippen LogP contribution in [0.25, 0.3) is 0 Å². The maximum absolute atomic E-state index is 12.5. The van der Waals surface area contributed by atoms with Gasteiger partial charge in [0.1, 0.15) is 18.3 Å². The molecule has 1 saturated heterocycles. The third-order valence-corrected chi connectivity index (χ3v) is 4.23. The van der Waals surface area contributed by atoms with Gasteiger partial charge in [-0.3, -0.25) is 14.5 Å². The molecule has 2 amide bonds. The highest BCUT2D eigenvalue weighted by Gasteiger charge is 2.38. The lowest BCUT2D eigenvalue weighted by Gasteiger charge is -2.34. The van der Waals surface area contributed by atoms with Gasteiger partial charge in [-0.1, -0.05) is 12.1 Å². The van der Waals surface area contributed by atoms with E-state index in [2.05, 4.69) is 0 Å². The fourth-order valence-electron chi connectivity index (χ4n) is 3.07. The fourth-order valence-corrected chi connectivity index (χ4v) is 3.07. The summed E-state index contributed by atoms with van der Waals surface area (Å²) in [7, 11) is 0. The molecular weight excluding hydrogens is 300 g/mol. The van der Waals surface area contributed by atoms with Crippen LogP contribution in [0.5, 0.6) is 5.75 Å². The number of likely N-dealkylation sites (tertiary alicyclic amines) is 1. The number of anilines is 1. The minimum atomic E-state index is -1.00. The molecule has 2 aliphatic rings. The number of carbonyl (C=O) groups is 3. The average molecular weight is 318 g/mol. The van der Waals surface area contributed by atoms with Gasteiger partial charge in [0.05, 0.1) is 5.69 Å². The number of hydrogen-bond donors (Lipinski definition) is 1. The number of aliphatic carboxylic acids is 1. The first-order valence-corrected chi connectivity index (χ1v) is 7.58. The highest BCUT2D eigenvalue weighted by molar-refractivity contribution is 6.04. The molecule has 0 spiro atoms. The molecule has 2 heterocycles. The summed E-state index contributed by atoms with van der Waals surface area (Å²) in [5.41, 5.74) is 0.537. The summed E-state index contributed by atoms with van der Waals surface area (Å²) in [5, 5.41) is 9.20. The van der Waals surface area contributed by atoms with Crippen molar-refractivity contribution in [2.75, 3.05) is 18.0 Å². The standard InChI is InChI=1S/C16H18N2O5/c1-10-15(20)18(11-5-2-3-7-13(11)23-10)9-14(19)17-8-4-6-12(17)16(21)22/h2-3,5,7,10,12H,4,6,8-9H2,1H3,(H,21,22)/t10?,12-/m0/s1. The second kappa shape index (κ2) is 5.91. The number of para-hydroxylation sites is 2. The SMILES string of the molecule is CC1Oc2ccccc2N(CC(=O)N2CCC[C@H]2C(=O)O)C1=O. The number of carboxylic acid groups (broad SMARTS) is 1. The smallest absolute Gasteiger partial charge is 0.326 e. The molecule has 1 aromatic carbocycles. The second-order valence-electron chi connectivity index (χ2n) is 5.74. The number of fused-ring (bicyclic) bond motifs is 1. The molecule has 0 radical (unpaired) electrons. The maximum Gasteiger partial charge on any atom is 0.326 e. The number of rotatable bonds is 3. The molecule has 0 aliphatic carbocycles. The van der Waals surface area contributed by atoms with Crippen molar-refractivity contribution in [2.24, 2.45) is 0 Å². The summed E-state index contributed by atoms with van der Waals surface area (Å²) in [6, 6.07) is 6.21. The zero-order valence-corrected chi connectivity index (χ0v) is 12.8. The molecule has 0 bridgehead atoms. The van der Waals surface area contributed by atoms with Gasteiger partial charge in [-0.15, -0.1) is 0 Å². The predicted molar refractivity (Wildman–Crippen MR) is 81.3 cm³/mol. The number of nitrogens with zero attached hydrogens (tertiary/aromatic N) is 2. The van der Waals surface area contributed by atoms with E-state index in [1.54, 1.807) is 31.2 Å². The number of carboxylic acids is 1. The van der Waals surface area contributed by atoms with Crippen LogP contribution in [0.15, 0.2) is 24.3 Å². The van der Waals surface area contributed by atoms with Crippen LogP contribution in [-0.4, -0.2) is 53.0 Å². The lowest BCUT2D eigenvalue weighted by atomic mass is 10.2. The minimum absolute atomic E-state index is 0.173. The van der Waals surface area contributed by atoms with E-state index in [1.807, 2.05) is 0 Å². The molecule has 2 aliphatic heterocycles. The molecule has 3 rings (SSSR count). The zero-order chi connectivity index (χ0) is 16.6. The van der Waals surface area contributed by atoms with Gasteiger partial charge < -0.3 is 14.7 Å². The third kappa shape index (κ3) is 2.74. The molecule has 2 atom stereocenters. The Bertz CT molecular complexity index is 660. The van der Waals surface area contributed by atoms with Crippen molar-refractivity contribution in [1.29, 1.82) is 0 Å². The van der Waals surface area contributed by atoms with Crippen molar-refractivity contribution >= 4 is 23.5 Å². The Morgan fingerprint density at radius 1 is 1.35 bits per heavy atom. The molecule has 7 nitrogen and oxygen atoms in total. The van der Waals surface area contributed by atoms with Crippen LogP contribution < -0.4 is 9.64 Å². The van der Waals surface area contributed by atoms with Crippen molar-refractivity contribution in [2.45, 2.75) is 31.9 Å². The van der Waals surface area contributed by atoms with Crippen molar-refractivity contribution in [3.8, 4) is 5.75 Å². The predicted octanol–water partition coefficient (Wildman–Crippen LogP) is 0.876. The van der Waals surface area contributed by atoms with E-state index in [0.717, 1.165) is 0 Å². The molecular formula is C16H18N2O5. The van der Waals surface area contributed by atoms with Gasteiger partial charge in [0.15, 0.2) is 6.10 Å². The van der Waals surface area contributed by atoms with Crippen molar-refractivity contribution < 1.29 is 24.2 Å². The van der Waals surface area contributed by atoms with Crippen LogP contribution in [-0.2, 0) is 14.4 Å². The van der Waals surface area contributed by atoms with Gasteiger partial charge in [0.25, 0.3) is 5.91 Å². The van der Waals surface area contributed by atoms with E-state index >= 15 is 0 Å². The van der Waals surface area contributed by atoms with Crippen LogP contribution in [0.3, 0.4) is 0 Å². The van der Waals surface area contributed by atoms with Crippen LogP contribution in [0.1, 0.15) is 19.8 Å². The van der Waals surface area contributed by atoms with Crippen molar-refractivity contribution in [3.05, 3.63) is 24.3 Å². The number of amides is 2. The van der Waals surface area contributed by atoms with Gasteiger partial charge >= 0.3 is 5.97 Å². The molecule has 1 N–H and O–H groups in total. The van der Waals surface area contributed by atoms with Crippen LogP contribution in [0, 0.1) is 0 Å².